The van der Waals surface area contributed by atoms with Crippen molar-refractivity contribution in [2.75, 3.05) is 10.7 Å². The van der Waals surface area contributed by atoms with Gasteiger partial charge in [0.25, 0.3) is 0 Å². The van der Waals surface area contributed by atoms with Crippen LogP contribution in [0.5, 0.6) is 0 Å². The van der Waals surface area contributed by atoms with E-state index in [1.807, 2.05) is 32.3 Å². The van der Waals surface area contributed by atoms with Gasteiger partial charge in [0, 0.05) is 69.5 Å². The van der Waals surface area contributed by atoms with Gasteiger partial charge in [-0.2, -0.15) is 0 Å². The SMILES string of the molecule is ClCCl.ClCCl.F[P-](F)(F)(F)(F)F.F[P-](F)(F)(F)(F)F.[Ru+2].c1csc(Sc2nccs2)n1.c1csc(Sc2nccs2)n1.c1csc(Sc2nccs2)n1. The molecule has 0 fully saturated rings. The van der Waals surface area contributed by atoms with Crippen molar-refractivity contribution in [2.24, 2.45) is 0 Å². The van der Waals surface area contributed by atoms with Gasteiger partial charge in [-0.15, -0.1) is 114 Å². The summed E-state index contributed by atoms with van der Waals surface area (Å²) in [6, 6.07) is 0. The molecule has 6 aromatic heterocycles. The first-order chi connectivity index (χ1) is 24.1. The second-order valence-electron chi connectivity index (χ2n) is 7.21. The molecule has 0 aromatic carbocycles. The Morgan fingerprint density at radius 3 is 0.556 bits per heavy atom. The fourth-order valence-electron chi connectivity index (χ4n) is 1.79. The molecule has 0 amide bonds. The minimum Gasteiger partial charge on any atom is -0.238 e. The molecule has 0 aliphatic heterocycles. The van der Waals surface area contributed by atoms with Crippen LogP contribution in [0.25, 0.3) is 0 Å². The van der Waals surface area contributed by atoms with Crippen LogP contribution in [-0.4, -0.2) is 40.6 Å². The third-order valence-corrected chi connectivity index (χ3v) is 11.3. The Hall–Kier alpha value is 0.633. The Bertz CT molecular complexity index is 1420. The van der Waals surface area contributed by atoms with Crippen LogP contribution in [0, 0.1) is 0 Å². The molecule has 0 unspecified atom stereocenters. The van der Waals surface area contributed by atoms with Gasteiger partial charge >= 0.3 is 85.5 Å². The van der Waals surface area contributed by atoms with Crippen molar-refractivity contribution >= 4 is 165 Å². The molecule has 6 rings (SSSR count). The van der Waals surface area contributed by atoms with Crippen LogP contribution < -0.4 is 0 Å². The molecule has 310 valence electrons. The predicted octanol–water partition coefficient (Wildman–Crippen LogP) is 17.9. The molecule has 6 heterocycles. The van der Waals surface area contributed by atoms with Gasteiger partial charge < -0.3 is 0 Å². The topological polar surface area (TPSA) is 77.3 Å². The number of hydrogen-bond acceptors (Lipinski definition) is 15. The van der Waals surface area contributed by atoms with Crippen LogP contribution in [0.2, 0.25) is 0 Å². The number of alkyl halides is 4. The van der Waals surface area contributed by atoms with Gasteiger partial charge in [0.05, 0.1) is 10.7 Å². The number of aromatic nitrogens is 6. The summed E-state index contributed by atoms with van der Waals surface area (Å²) in [6.45, 7) is 0. The van der Waals surface area contributed by atoms with E-state index in [9.17, 15) is 50.4 Å². The number of rotatable bonds is 6. The standard InChI is InChI=1S/3C6H4N2S3.2CH2Cl2.2F6P.Ru/c3*1-3-9-5(7-1)11-6-8-2-4-10-6;2*2-1-3;2*1-7(2,3,4,5)6;/h3*1-4H;2*1H2;;;/q;;;;;2*-1;+2. The molecule has 0 saturated carbocycles. The van der Waals surface area contributed by atoms with Crippen LogP contribution in [0.1, 0.15) is 0 Å². The van der Waals surface area contributed by atoms with Crippen LogP contribution in [0.3, 0.4) is 0 Å². The molecule has 34 heteroatoms. The quantitative estimate of drug-likeness (QED) is 0.0701. The predicted molar refractivity (Wildman–Crippen MR) is 205 cm³/mol. The molecule has 0 bridgehead atoms. The fourth-order valence-corrected chi connectivity index (χ4v) is 9.13. The molecule has 0 saturated heterocycles. The molecule has 6 nitrogen and oxygen atoms in total. The summed E-state index contributed by atoms with van der Waals surface area (Å²) in [5.41, 5.74) is 0. The van der Waals surface area contributed by atoms with E-state index < -0.39 is 15.6 Å². The van der Waals surface area contributed by atoms with E-state index >= 15 is 0 Å². The zero-order valence-electron chi connectivity index (χ0n) is 25.0. The van der Waals surface area contributed by atoms with Crippen molar-refractivity contribution in [3.05, 3.63) is 69.5 Å². The second kappa shape index (κ2) is 24.7. The Balaban J connectivity index is 0. The Morgan fingerprint density at radius 1 is 0.370 bits per heavy atom. The van der Waals surface area contributed by atoms with E-state index in [0.717, 1.165) is 26.0 Å². The molecule has 0 N–H and O–H groups in total. The smallest absolute Gasteiger partial charge is 0.238 e. The molecule has 0 radical (unpaired) electrons. The summed E-state index contributed by atoms with van der Waals surface area (Å²) < 4.78 is 125. The summed E-state index contributed by atoms with van der Waals surface area (Å²) in [6.07, 6.45) is 10.8. The maximum atomic E-state index is 9.87. The van der Waals surface area contributed by atoms with Crippen molar-refractivity contribution in [1.82, 2.24) is 29.9 Å². The second-order valence-corrected chi connectivity index (χ2v) is 22.5. The van der Waals surface area contributed by atoms with Crippen molar-refractivity contribution < 1.29 is 69.8 Å². The molecule has 6 aromatic rings. The minimum absolute atomic E-state index is 0. The number of halogens is 16. The van der Waals surface area contributed by atoms with Gasteiger partial charge in [-0.25, -0.2) is 29.9 Å². The van der Waals surface area contributed by atoms with Crippen molar-refractivity contribution in [2.45, 2.75) is 26.0 Å². The van der Waals surface area contributed by atoms with Crippen LogP contribution in [0.4, 0.5) is 50.4 Å². The van der Waals surface area contributed by atoms with Crippen LogP contribution >= 0.6 is 165 Å². The molecule has 0 atom stereocenters. The van der Waals surface area contributed by atoms with Gasteiger partial charge in [-0.05, 0) is 35.3 Å². The van der Waals surface area contributed by atoms with E-state index in [0.29, 0.717) is 0 Å². The molecule has 0 aliphatic rings. The molecule has 54 heavy (non-hydrogen) atoms. The Kier molecular flexibility index (Phi) is 25.9. The van der Waals surface area contributed by atoms with Crippen molar-refractivity contribution in [3.63, 3.8) is 0 Å². The zero-order valence-corrected chi connectivity index (χ0v) is 38.9. The largest absolute Gasteiger partial charge is 2.00 e. The Labute approximate surface area is 367 Å². The maximum absolute atomic E-state index is 10.7. The summed E-state index contributed by atoms with van der Waals surface area (Å²) in [5, 5.41) is 12.2. The average molecular weight is 1160 g/mol. The van der Waals surface area contributed by atoms with E-state index in [4.69, 9.17) is 46.4 Å². The van der Waals surface area contributed by atoms with Gasteiger partial charge in [0.1, 0.15) is 0 Å². The summed E-state index contributed by atoms with van der Waals surface area (Å²) in [5.74, 6) is 0. The summed E-state index contributed by atoms with van der Waals surface area (Å²) >= 11 is 33.7. The zero-order chi connectivity index (χ0) is 40.8. The van der Waals surface area contributed by atoms with Gasteiger partial charge in [-0.1, -0.05) is 0 Å². The van der Waals surface area contributed by atoms with E-state index in [1.54, 1.807) is 140 Å². The third-order valence-electron chi connectivity index (χ3n) is 2.98. The van der Waals surface area contributed by atoms with Gasteiger partial charge in [-0.3, -0.25) is 0 Å². The average Bonchev–Trinajstić information content (AvgIpc) is 3.82. The van der Waals surface area contributed by atoms with Crippen LogP contribution in [0.15, 0.2) is 95.5 Å². The van der Waals surface area contributed by atoms with Crippen molar-refractivity contribution in [1.29, 1.82) is 0 Å². The minimum atomic E-state index is -10.7. The number of nitrogens with zero attached hydrogens (tertiary/aromatic N) is 6. The fraction of sp³-hybridized carbons (Fsp3) is 0.100. The first-order valence-electron chi connectivity index (χ1n) is 11.9. The van der Waals surface area contributed by atoms with E-state index in [-0.39, 0.29) is 30.2 Å². The third kappa shape index (κ3) is 47.0. The molecular formula is C20H16Cl4F12N6P2RuS9. The van der Waals surface area contributed by atoms with Crippen molar-refractivity contribution in [3.8, 4) is 0 Å². The van der Waals surface area contributed by atoms with Crippen LogP contribution in [-0.2, 0) is 19.5 Å². The molecular weight excluding hydrogens is 1150 g/mol. The number of hydrogen-bond donors (Lipinski definition) is 0. The van der Waals surface area contributed by atoms with Gasteiger partial charge in [0.15, 0.2) is 26.0 Å². The number of thiazole rings is 6. The monoisotopic (exact) mass is 1160 g/mol. The first kappa shape index (κ1) is 56.7. The van der Waals surface area contributed by atoms with E-state index in [2.05, 4.69) is 29.9 Å². The summed E-state index contributed by atoms with van der Waals surface area (Å²) in [7, 11) is -21.3. The first-order valence-corrected chi connectivity index (χ1v) is 25.8. The van der Waals surface area contributed by atoms with Gasteiger partial charge in [0.2, 0.25) is 0 Å². The molecule has 0 aliphatic carbocycles. The molecule has 0 spiro atoms. The Morgan fingerprint density at radius 2 is 0.481 bits per heavy atom. The normalized spacial score (nSPS) is 12.9. The van der Waals surface area contributed by atoms with E-state index in [1.165, 1.54) is 0 Å². The summed E-state index contributed by atoms with van der Waals surface area (Å²) in [4.78, 5) is 24.8. The maximum Gasteiger partial charge on any atom is 2.00 e.